The van der Waals surface area contributed by atoms with Gasteiger partial charge in [-0.25, -0.2) is 4.79 Å². The van der Waals surface area contributed by atoms with E-state index in [1.807, 2.05) is 6.92 Å². The summed E-state index contributed by atoms with van der Waals surface area (Å²) >= 11 is 0. The Morgan fingerprint density at radius 2 is 2.08 bits per heavy atom. The van der Waals surface area contributed by atoms with E-state index in [9.17, 15) is 4.79 Å². The van der Waals surface area contributed by atoms with Gasteiger partial charge in [-0.3, -0.25) is 9.13 Å². The molecule has 0 aliphatic rings. The van der Waals surface area contributed by atoms with Crippen molar-refractivity contribution in [3.8, 4) is 0 Å². The smallest absolute Gasteiger partial charge is 0.330 e. The second-order valence-corrected chi connectivity index (χ2v) is 2.66. The van der Waals surface area contributed by atoms with Gasteiger partial charge < -0.3 is 4.74 Å². The highest BCUT2D eigenvalue weighted by Crippen LogP contribution is 1.88. The van der Waals surface area contributed by atoms with Crippen LogP contribution in [0.1, 0.15) is 13.3 Å². The third kappa shape index (κ3) is 1.76. The van der Waals surface area contributed by atoms with Crippen molar-refractivity contribution < 1.29 is 4.74 Å². The highest BCUT2D eigenvalue weighted by Gasteiger charge is 1.99. The average molecular weight is 170 g/mol. The molecule has 0 unspecified atom stereocenters. The quantitative estimate of drug-likeness (QED) is 0.665. The zero-order valence-corrected chi connectivity index (χ0v) is 7.49. The molecule has 4 heteroatoms. The van der Waals surface area contributed by atoms with Gasteiger partial charge in [-0.1, -0.05) is 6.92 Å². The Morgan fingerprint density at radius 3 is 2.67 bits per heavy atom. The molecule has 1 rings (SSSR count). The summed E-state index contributed by atoms with van der Waals surface area (Å²) in [5.41, 5.74) is -0.00120. The van der Waals surface area contributed by atoms with E-state index in [2.05, 4.69) is 0 Å². The molecule has 0 amide bonds. The van der Waals surface area contributed by atoms with Crippen molar-refractivity contribution >= 4 is 0 Å². The second-order valence-electron chi connectivity index (χ2n) is 2.66. The normalized spacial score (nSPS) is 10.5. The van der Waals surface area contributed by atoms with Crippen LogP contribution < -0.4 is 5.69 Å². The van der Waals surface area contributed by atoms with Gasteiger partial charge in [0.1, 0.15) is 6.73 Å². The van der Waals surface area contributed by atoms with Gasteiger partial charge in [0.15, 0.2) is 0 Å². The van der Waals surface area contributed by atoms with Crippen LogP contribution in [0.5, 0.6) is 0 Å². The van der Waals surface area contributed by atoms with Gasteiger partial charge in [0.2, 0.25) is 0 Å². The third-order valence-corrected chi connectivity index (χ3v) is 1.65. The number of nitrogens with zero attached hydrogens (tertiary/aromatic N) is 2. The summed E-state index contributed by atoms with van der Waals surface area (Å²) in [6, 6.07) is 0. The molecule has 1 heterocycles. The minimum Gasteiger partial charge on any atom is -0.364 e. The van der Waals surface area contributed by atoms with Gasteiger partial charge in [-0.05, 0) is 6.42 Å². The van der Waals surface area contributed by atoms with Crippen molar-refractivity contribution in [1.29, 1.82) is 0 Å². The standard InChI is InChI=1S/C8H14N2O2/c1-3-4-9-5-6-10(7-12-2)8(9)11/h5-6H,3-4,7H2,1-2H3. The van der Waals surface area contributed by atoms with E-state index in [-0.39, 0.29) is 5.69 Å². The second kappa shape index (κ2) is 4.11. The van der Waals surface area contributed by atoms with E-state index in [0.717, 1.165) is 13.0 Å². The topological polar surface area (TPSA) is 36.2 Å². The van der Waals surface area contributed by atoms with Crippen LogP contribution in [0.2, 0.25) is 0 Å². The molecule has 68 valence electrons. The molecule has 0 saturated heterocycles. The molecule has 1 aromatic heterocycles. The molecule has 0 aliphatic heterocycles. The summed E-state index contributed by atoms with van der Waals surface area (Å²) in [5, 5.41) is 0. The minimum atomic E-state index is -0.00120. The summed E-state index contributed by atoms with van der Waals surface area (Å²) in [6.45, 7) is 3.14. The van der Waals surface area contributed by atoms with Crippen LogP contribution in [0.25, 0.3) is 0 Å². The number of methoxy groups -OCH3 is 1. The SMILES string of the molecule is CCCn1ccn(COC)c1=O. The molecule has 0 aliphatic carbocycles. The number of aryl methyl sites for hydroxylation is 1. The molecule has 0 atom stereocenters. The van der Waals surface area contributed by atoms with E-state index in [4.69, 9.17) is 4.74 Å². The maximum Gasteiger partial charge on any atom is 0.330 e. The summed E-state index contributed by atoms with van der Waals surface area (Å²) in [6.07, 6.45) is 4.49. The van der Waals surface area contributed by atoms with Gasteiger partial charge in [0, 0.05) is 26.0 Å². The third-order valence-electron chi connectivity index (χ3n) is 1.65. The lowest BCUT2D eigenvalue weighted by Crippen LogP contribution is -2.24. The summed E-state index contributed by atoms with van der Waals surface area (Å²) in [7, 11) is 1.57. The predicted molar refractivity (Wildman–Crippen MR) is 46.0 cm³/mol. The molecular formula is C8H14N2O2. The monoisotopic (exact) mass is 170 g/mol. The maximum absolute atomic E-state index is 11.4. The molecule has 0 bridgehead atoms. The van der Waals surface area contributed by atoms with Gasteiger partial charge in [-0.2, -0.15) is 0 Å². The Labute approximate surface area is 71.4 Å². The Balaban J connectivity index is 2.81. The zero-order valence-electron chi connectivity index (χ0n) is 7.49. The molecule has 0 N–H and O–H groups in total. The number of aromatic nitrogens is 2. The molecule has 12 heavy (non-hydrogen) atoms. The van der Waals surface area contributed by atoms with Gasteiger partial charge in [-0.15, -0.1) is 0 Å². The van der Waals surface area contributed by atoms with E-state index in [0.29, 0.717) is 6.73 Å². The van der Waals surface area contributed by atoms with Crippen LogP contribution in [0.15, 0.2) is 17.2 Å². The van der Waals surface area contributed by atoms with Crippen LogP contribution >= 0.6 is 0 Å². The van der Waals surface area contributed by atoms with Gasteiger partial charge in [0.05, 0.1) is 0 Å². The summed E-state index contributed by atoms with van der Waals surface area (Å²) in [4.78, 5) is 11.4. The lowest BCUT2D eigenvalue weighted by molar-refractivity contribution is 0.127. The Hall–Kier alpha value is -1.03. The lowest BCUT2D eigenvalue weighted by atomic mass is 10.5. The Bertz CT molecular complexity index is 261. The molecule has 4 nitrogen and oxygen atoms in total. The fourth-order valence-corrected chi connectivity index (χ4v) is 1.10. The van der Waals surface area contributed by atoms with Crippen molar-refractivity contribution in [1.82, 2.24) is 9.13 Å². The molecule has 0 aromatic carbocycles. The number of imidazole rings is 1. The predicted octanol–water partition coefficient (Wildman–Crippen LogP) is 0.664. The molecule has 1 aromatic rings. The number of ether oxygens (including phenoxy) is 1. The van der Waals surface area contributed by atoms with Crippen molar-refractivity contribution in [3.63, 3.8) is 0 Å². The summed E-state index contributed by atoms with van der Waals surface area (Å²) in [5.74, 6) is 0. The minimum absolute atomic E-state index is 0.00120. The average Bonchev–Trinajstić information content (AvgIpc) is 2.38. The largest absolute Gasteiger partial charge is 0.364 e. The van der Waals surface area contributed by atoms with Gasteiger partial charge >= 0.3 is 5.69 Å². The fourth-order valence-electron chi connectivity index (χ4n) is 1.10. The van der Waals surface area contributed by atoms with Crippen LogP contribution in [0.3, 0.4) is 0 Å². The molecule has 0 fully saturated rings. The van der Waals surface area contributed by atoms with Crippen LogP contribution in [-0.4, -0.2) is 16.2 Å². The first-order valence-corrected chi connectivity index (χ1v) is 4.04. The van der Waals surface area contributed by atoms with E-state index < -0.39 is 0 Å². The lowest BCUT2D eigenvalue weighted by Gasteiger charge is -1.98. The van der Waals surface area contributed by atoms with Gasteiger partial charge in [0.25, 0.3) is 0 Å². The zero-order chi connectivity index (χ0) is 8.97. The summed E-state index contributed by atoms with van der Waals surface area (Å²) < 4.78 is 8.07. The van der Waals surface area contributed by atoms with E-state index in [1.165, 1.54) is 4.57 Å². The van der Waals surface area contributed by atoms with Crippen molar-refractivity contribution in [3.05, 3.63) is 22.9 Å². The first-order valence-electron chi connectivity index (χ1n) is 4.04. The van der Waals surface area contributed by atoms with Crippen LogP contribution in [-0.2, 0) is 18.0 Å². The maximum atomic E-state index is 11.4. The number of hydrogen-bond donors (Lipinski definition) is 0. The van der Waals surface area contributed by atoms with E-state index in [1.54, 1.807) is 24.1 Å². The van der Waals surface area contributed by atoms with Crippen molar-refractivity contribution in [2.75, 3.05) is 7.11 Å². The fraction of sp³-hybridized carbons (Fsp3) is 0.625. The van der Waals surface area contributed by atoms with Crippen molar-refractivity contribution in [2.24, 2.45) is 0 Å². The van der Waals surface area contributed by atoms with E-state index >= 15 is 0 Å². The molecule has 0 radical (unpaired) electrons. The number of hydrogen-bond acceptors (Lipinski definition) is 2. The first kappa shape index (κ1) is 9.06. The molecule has 0 saturated carbocycles. The van der Waals surface area contributed by atoms with Crippen LogP contribution in [0, 0.1) is 0 Å². The molecule has 0 spiro atoms. The number of rotatable bonds is 4. The Morgan fingerprint density at radius 1 is 1.42 bits per heavy atom. The molecular weight excluding hydrogens is 156 g/mol. The highest BCUT2D eigenvalue weighted by atomic mass is 16.5. The highest BCUT2D eigenvalue weighted by molar-refractivity contribution is 4.80. The van der Waals surface area contributed by atoms with Crippen molar-refractivity contribution in [2.45, 2.75) is 26.6 Å². The van der Waals surface area contributed by atoms with Crippen LogP contribution in [0.4, 0.5) is 0 Å². The Kier molecular flexibility index (Phi) is 3.10. The first-order chi connectivity index (χ1) is 5.79.